The molecule has 1 aliphatic heterocycles. The molecule has 0 bridgehead atoms. The highest BCUT2D eigenvalue weighted by Crippen LogP contribution is 2.40. The lowest BCUT2D eigenvalue weighted by Crippen LogP contribution is -2.35. The Morgan fingerprint density at radius 3 is 2.76 bits per heavy atom. The number of aryl methyl sites for hydroxylation is 2. The van der Waals surface area contributed by atoms with Gasteiger partial charge in [-0.1, -0.05) is 23.4 Å². The zero-order valence-corrected chi connectivity index (χ0v) is 15.7. The number of aromatic nitrogens is 2. The van der Waals surface area contributed by atoms with Gasteiger partial charge >= 0.3 is 0 Å². The SMILES string of the molecule is Cc1nc(-c2cc(S(=O)(=O)N3c4ccccc4C[C@@H]3C)c(C)s2)no1. The first kappa shape index (κ1) is 16.3. The molecule has 0 radical (unpaired) electrons. The van der Waals surface area contributed by atoms with Gasteiger partial charge in [-0.15, -0.1) is 11.3 Å². The van der Waals surface area contributed by atoms with Gasteiger partial charge in [-0.3, -0.25) is 4.31 Å². The van der Waals surface area contributed by atoms with Crippen LogP contribution in [-0.2, 0) is 16.4 Å². The molecule has 25 heavy (non-hydrogen) atoms. The van der Waals surface area contributed by atoms with Crippen molar-refractivity contribution in [3.8, 4) is 10.7 Å². The van der Waals surface area contributed by atoms with Gasteiger partial charge in [0.15, 0.2) is 0 Å². The van der Waals surface area contributed by atoms with Crippen LogP contribution >= 0.6 is 11.3 Å². The molecule has 0 fully saturated rings. The summed E-state index contributed by atoms with van der Waals surface area (Å²) in [6, 6.07) is 9.18. The number of thiophene rings is 1. The maximum absolute atomic E-state index is 13.3. The van der Waals surface area contributed by atoms with E-state index in [0.717, 1.165) is 17.7 Å². The van der Waals surface area contributed by atoms with E-state index in [4.69, 9.17) is 4.52 Å². The van der Waals surface area contributed by atoms with E-state index in [1.165, 1.54) is 15.6 Å². The minimum Gasteiger partial charge on any atom is -0.339 e. The van der Waals surface area contributed by atoms with Crippen LogP contribution in [-0.4, -0.2) is 24.6 Å². The molecular formula is C17H17N3O3S2. The van der Waals surface area contributed by atoms with E-state index in [2.05, 4.69) is 10.1 Å². The van der Waals surface area contributed by atoms with Crippen LogP contribution in [0.25, 0.3) is 10.7 Å². The molecule has 130 valence electrons. The van der Waals surface area contributed by atoms with Gasteiger partial charge in [-0.2, -0.15) is 4.98 Å². The van der Waals surface area contributed by atoms with Crippen LogP contribution in [0.2, 0.25) is 0 Å². The smallest absolute Gasteiger partial charge is 0.265 e. The summed E-state index contributed by atoms with van der Waals surface area (Å²) in [6.07, 6.45) is 0.718. The Morgan fingerprint density at radius 1 is 1.28 bits per heavy atom. The second-order valence-corrected chi connectivity index (χ2v) is 9.19. The molecular weight excluding hydrogens is 358 g/mol. The third-order valence-electron chi connectivity index (χ3n) is 4.30. The number of anilines is 1. The highest BCUT2D eigenvalue weighted by molar-refractivity contribution is 7.93. The molecule has 6 nitrogen and oxygen atoms in total. The van der Waals surface area contributed by atoms with E-state index in [9.17, 15) is 8.42 Å². The fourth-order valence-corrected chi connectivity index (χ4v) is 6.42. The zero-order chi connectivity index (χ0) is 17.8. The summed E-state index contributed by atoms with van der Waals surface area (Å²) in [6.45, 7) is 5.45. The summed E-state index contributed by atoms with van der Waals surface area (Å²) in [5.74, 6) is 0.870. The van der Waals surface area contributed by atoms with Gasteiger partial charge in [0.1, 0.15) is 4.90 Å². The number of nitrogens with zero attached hydrogens (tertiary/aromatic N) is 3. The molecule has 0 unspecified atom stereocenters. The van der Waals surface area contributed by atoms with Crippen LogP contribution in [0.1, 0.15) is 23.3 Å². The van der Waals surface area contributed by atoms with Crippen molar-refractivity contribution < 1.29 is 12.9 Å². The summed E-state index contributed by atoms with van der Waals surface area (Å²) in [4.78, 5) is 5.90. The molecule has 0 amide bonds. The van der Waals surface area contributed by atoms with E-state index in [-0.39, 0.29) is 6.04 Å². The van der Waals surface area contributed by atoms with Crippen LogP contribution < -0.4 is 4.31 Å². The van der Waals surface area contributed by atoms with E-state index >= 15 is 0 Å². The monoisotopic (exact) mass is 375 g/mol. The molecule has 0 aliphatic carbocycles. The molecule has 0 saturated heterocycles. The van der Waals surface area contributed by atoms with E-state index in [1.807, 2.05) is 31.2 Å². The van der Waals surface area contributed by atoms with Gasteiger partial charge < -0.3 is 4.52 Å². The van der Waals surface area contributed by atoms with Crippen LogP contribution in [0.4, 0.5) is 5.69 Å². The normalized spacial score (nSPS) is 17.1. The number of sulfonamides is 1. The Kier molecular flexibility index (Phi) is 3.69. The summed E-state index contributed by atoms with van der Waals surface area (Å²) >= 11 is 1.36. The molecule has 1 atom stereocenters. The standard InChI is InChI=1S/C17H17N3O3S2/c1-10-8-13-6-4-5-7-14(13)20(10)25(21,22)16-9-15(24-11(16)2)17-18-12(3)23-19-17/h4-7,9-10H,8H2,1-3H3/t10-/m0/s1. The third-order valence-corrected chi connectivity index (χ3v) is 7.53. The first-order valence-electron chi connectivity index (χ1n) is 7.91. The van der Waals surface area contributed by atoms with Gasteiger partial charge in [0, 0.05) is 17.8 Å². The van der Waals surface area contributed by atoms with Crippen molar-refractivity contribution >= 4 is 27.0 Å². The average molecular weight is 375 g/mol. The first-order chi connectivity index (χ1) is 11.9. The highest BCUT2D eigenvalue weighted by atomic mass is 32.2. The Bertz CT molecular complexity index is 1050. The van der Waals surface area contributed by atoms with E-state index in [0.29, 0.717) is 26.4 Å². The molecule has 2 aromatic heterocycles. The maximum Gasteiger partial charge on any atom is 0.265 e. The quantitative estimate of drug-likeness (QED) is 0.700. The Hall–Kier alpha value is -2.19. The predicted octanol–water partition coefficient (Wildman–Crippen LogP) is 3.55. The Balaban J connectivity index is 1.80. The summed E-state index contributed by atoms with van der Waals surface area (Å²) in [5.41, 5.74) is 1.82. The maximum atomic E-state index is 13.3. The number of hydrogen-bond acceptors (Lipinski definition) is 6. The number of fused-ring (bicyclic) bond motifs is 1. The fraction of sp³-hybridized carbons (Fsp3) is 0.294. The lowest BCUT2D eigenvalue weighted by Gasteiger charge is -2.24. The molecule has 4 rings (SSSR count). The third kappa shape index (κ3) is 2.56. The number of rotatable bonds is 3. The fourth-order valence-electron chi connectivity index (χ4n) is 3.24. The molecule has 0 saturated carbocycles. The second-order valence-electron chi connectivity index (χ2n) is 6.15. The van der Waals surface area contributed by atoms with Crippen LogP contribution in [0, 0.1) is 13.8 Å². The topological polar surface area (TPSA) is 76.3 Å². The first-order valence-corrected chi connectivity index (χ1v) is 10.2. The van der Waals surface area contributed by atoms with Gasteiger partial charge in [0.05, 0.1) is 10.6 Å². The molecule has 3 aromatic rings. The van der Waals surface area contributed by atoms with E-state index in [1.54, 1.807) is 19.9 Å². The number of benzene rings is 1. The van der Waals surface area contributed by atoms with Gasteiger partial charge in [-0.25, -0.2) is 8.42 Å². The van der Waals surface area contributed by atoms with Crippen LogP contribution in [0.5, 0.6) is 0 Å². The van der Waals surface area contributed by atoms with Gasteiger partial charge in [-0.05, 0) is 38.0 Å². The molecule has 0 spiro atoms. The molecule has 8 heteroatoms. The summed E-state index contributed by atoms with van der Waals surface area (Å²) < 4.78 is 33.2. The van der Waals surface area contributed by atoms with Gasteiger partial charge in [0.2, 0.25) is 11.7 Å². The Labute approximate surface area is 150 Å². The number of hydrogen-bond donors (Lipinski definition) is 0. The van der Waals surface area contributed by atoms with Crippen molar-refractivity contribution in [1.29, 1.82) is 0 Å². The minimum atomic E-state index is -3.65. The Morgan fingerprint density at radius 2 is 2.04 bits per heavy atom. The number of para-hydroxylation sites is 1. The van der Waals surface area contributed by atoms with Crippen molar-refractivity contribution in [3.05, 3.63) is 46.7 Å². The molecule has 1 aromatic carbocycles. The van der Waals surface area contributed by atoms with Crippen LogP contribution in [0.15, 0.2) is 39.8 Å². The molecule has 0 N–H and O–H groups in total. The summed E-state index contributed by atoms with van der Waals surface area (Å²) in [5, 5.41) is 3.89. The van der Waals surface area contributed by atoms with Gasteiger partial charge in [0.25, 0.3) is 10.0 Å². The van der Waals surface area contributed by atoms with Crippen molar-refractivity contribution in [2.45, 2.75) is 38.1 Å². The second kappa shape index (κ2) is 5.67. The largest absolute Gasteiger partial charge is 0.339 e. The lowest BCUT2D eigenvalue weighted by atomic mass is 10.1. The summed E-state index contributed by atoms with van der Waals surface area (Å²) in [7, 11) is -3.65. The minimum absolute atomic E-state index is 0.113. The van der Waals surface area contributed by atoms with Crippen molar-refractivity contribution in [2.75, 3.05) is 4.31 Å². The predicted molar refractivity (Wildman–Crippen MR) is 96.4 cm³/mol. The van der Waals surface area contributed by atoms with Crippen molar-refractivity contribution in [2.24, 2.45) is 0 Å². The van der Waals surface area contributed by atoms with Crippen molar-refractivity contribution in [3.63, 3.8) is 0 Å². The lowest BCUT2D eigenvalue weighted by molar-refractivity contribution is 0.394. The molecule has 3 heterocycles. The van der Waals surface area contributed by atoms with Crippen LogP contribution in [0.3, 0.4) is 0 Å². The average Bonchev–Trinajstić information content (AvgIpc) is 3.23. The van der Waals surface area contributed by atoms with Crippen molar-refractivity contribution in [1.82, 2.24) is 10.1 Å². The highest BCUT2D eigenvalue weighted by Gasteiger charge is 2.37. The van der Waals surface area contributed by atoms with E-state index < -0.39 is 10.0 Å². The molecule has 1 aliphatic rings. The zero-order valence-electron chi connectivity index (χ0n) is 14.1.